The van der Waals surface area contributed by atoms with Crippen LogP contribution < -0.4 is 5.32 Å². The van der Waals surface area contributed by atoms with Crippen molar-refractivity contribution in [1.82, 2.24) is 4.98 Å². The fourth-order valence-corrected chi connectivity index (χ4v) is 2.95. The smallest absolute Gasteiger partial charge is 0.0704 e. The Morgan fingerprint density at radius 1 is 0.958 bits per heavy atom. The molecule has 0 aliphatic heterocycles. The van der Waals surface area contributed by atoms with E-state index in [0.29, 0.717) is 6.04 Å². The van der Waals surface area contributed by atoms with Gasteiger partial charge in [0.1, 0.15) is 0 Å². The van der Waals surface area contributed by atoms with Crippen molar-refractivity contribution in [3.8, 4) is 11.3 Å². The number of aryl methyl sites for hydroxylation is 2. The summed E-state index contributed by atoms with van der Waals surface area (Å²) < 4.78 is 0. The second kappa shape index (κ2) is 7.78. The zero-order valence-corrected chi connectivity index (χ0v) is 14.4. The van der Waals surface area contributed by atoms with Gasteiger partial charge in [-0.25, -0.2) is 0 Å². The summed E-state index contributed by atoms with van der Waals surface area (Å²) in [4.78, 5) is 4.44. The predicted molar refractivity (Wildman–Crippen MR) is 102 cm³/mol. The molecule has 0 aliphatic carbocycles. The van der Waals surface area contributed by atoms with Crippen molar-refractivity contribution in [2.75, 3.05) is 5.32 Å². The Morgan fingerprint density at radius 2 is 1.75 bits per heavy atom. The number of nitrogens with zero attached hydrogens (tertiary/aromatic N) is 1. The van der Waals surface area contributed by atoms with E-state index in [1.54, 1.807) is 0 Å². The monoisotopic (exact) mass is 316 g/mol. The molecule has 0 aliphatic rings. The molecule has 24 heavy (non-hydrogen) atoms. The van der Waals surface area contributed by atoms with Gasteiger partial charge in [0, 0.05) is 23.5 Å². The van der Waals surface area contributed by atoms with Gasteiger partial charge in [0.2, 0.25) is 0 Å². The Hall–Kier alpha value is -2.61. The molecule has 1 unspecified atom stereocenters. The zero-order chi connectivity index (χ0) is 16.8. The van der Waals surface area contributed by atoms with Crippen molar-refractivity contribution in [3.05, 3.63) is 84.1 Å². The first kappa shape index (κ1) is 16.3. The number of benzene rings is 2. The molecule has 0 saturated carbocycles. The highest BCUT2D eigenvalue weighted by atomic mass is 14.9. The first-order valence-corrected chi connectivity index (χ1v) is 8.55. The van der Waals surface area contributed by atoms with E-state index in [0.717, 1.165) is 18.5 Å². The summed E-state index contributed by atoms with van der Waals surface area (Å²) in [5.74, 6) is 0. The fourth-order valence-electron chi connectivity index (χ4n) is 2.95. The molecule has 1 N–H and O–H groups in total. The van der Waals surface area contributed by atoms with Crippen LogP contribution in [-0.2, 0) is 6.42 Å². The summed E-state index contributed by atoms with van der Waals surface area (Å²) in [6.45, 7) is 4.38. The van der Waals surface area contributed by atoms with Crippen LogP contribution >= 0.6 is 0 Å². The molecule has 0 saturated heterocycles. The molecule has 2 heteroatoms. The number of pyridine rings is 1. The SMILES string of the molecule is Cc1cc(NC(C)CCc2ccccc2)ccc1-c1ccccn1. The molecule has 0 spiro atoms. The molecule has 0 bridgehead atoms. The first-order chi connectivity index (χ1) is 11.7. The van der Waals surface area contributed by atoms with E-state index < -0.39 is 0 Å². The summed E-state index contributed by atoms with van der Waals surface area (Å²) in [7, 11) is 0. The maximum absolute atomic E-state index is 4.44. The predicted octanol–water partition coefficient (Wildman–Crippen LogP) is 5.49. The van der Waals surface area contributed by atoms with Gasteiger partial charge in [0.05, 0.1) is 5.69 Å². The van der Waals surface area contributed by atoms with E-state index in [1.807, 2.05) is 18.3 Å². The number of nitrogens with one attached hydrogen (secondary N) is 1. The molecule has 0 fully saturated rings. The topological polar surface area (TPSA) is 24.9 Å². The average molecular weight is 316 g/mol. The lowest BCUT2D eigenvalue weighted by Crippen LogP contribution is -2.16. The summed E-state index contributed by atoms with van der Waals surface area (Å²) in [5.41, 5.74) is 6.03. The van der Waals surface area contributed by atoms with Gasteiger partial charge >= 0.3 is 0 Å². The minimum atomic E-state index is 0.435. The molecule has 1 atom stereocenters. The third-order valence-corrected chi connectivity index (χ3v) is 4.29. The second-order valence-electron chi connectivity index (χ2n) is 6.31. The highest BCUT2D eigenvalue weighted by Gasteiger charge is 2.06. The Kier molecular flexibility index (Phi) is 5.27. The second-order valence-corrected chi connectivity index (χ2v) is 6.31. The standard InChI is InChI=1S/C22H24N2/c1-17-16-20(13-14-21(17)22-10-6-7-15-23-22)24-18(2)11-12-19-8-4-3-5-9-19/h3-10,13-16,18,24H,11-12H2,1-2H3. The minimum Gasteiger partial charge on any atom is -0.383 e. The van der Waals surface area contributed by atoms with E-state index in [-0.39, 0.29) is 0 Å². The van der Waals surface area contributed by atoms with Crippen LogP contribution in [0.25, 0.3) is 11.3 Å². The lowest BCUT2D eigenvalue weighted by Gasteiger charge is -2.17. The molecule has 0 radical (unpaired) electrons. The van der Waals surface area contributed by atoms with E-state index in [9.17, 15) is 0 Å². The number of hydrogen-bond donors (Lipinski definition) is 1. The van der Waals surface area contributed by atoms with E-state index in [2.05, 4.69) is 78.7 Å². The lowest BCUT2D eigenvalue weighted by molar-refractivity contribution is 0.706. The van der Waals surface area contributed by atoms with Crippen LogP contribution in [0.2, 0.25) is 0 Å². The van der Waals surface area contributed by atoms with Crippen LogP contribution in [0, 0.1) is 6.92 Å². The van der Waals surface area contributed by atoms with Crippen molar-refractivity contribution < 1.29 is 0 Å². The summed E-state index contributed by atoms with van der Waals surface area (Å²) in [5, 5.41) is 3.61. The van der Waals surface area contributed by atoms with Crippen LogP contribution in [-0.4, -0.2) is 11.0 Å². The molecule has 1 heterocycles. The van der Waals surface area contributed by atoms with Crippen molar-refractivity contribution in [1.29, 1.82) is 0 Å². The maximum Gasteiger partial charge on any atom is 0.0704 e. The number of rotatable bonds is 6. The van der Waals surface area contributed by atoms with Gasteiger partial charge in [-0.1, -0.05) is 42.5 Å². The Morgan fingerprint density at radius 3 is 2.46 bits per heavy atom. The van der Waals surface area contributed by atoms with E-state index in [4.69, 9.17) is 0 Å². The summed E-state index contributed by atoms with van der Waals surface area (Å²) in [6, 6.07) is 23.6. The van der Waals surface area contributed by atoms with Gasteiger partial charge in [-0.3, -0.25) is 4.98 Å². The number of hydrogen-bond acceptors (Lipinski definition) is 2. The van der Waals surface area contributed by atoms with Gasteiger partial charge in [-0.05, 0) is 62.1 Å². The lowest BCUT2D eigenvalue weighted by atomic mass is 10.0. The molecular weight excluding hydrogens is 292 g/mol. The molecule has 1 aromatic heterocycles. The highest BCUT2D eigenvalue weighted by molar-refractivity contribution is 5.67. The molecule has 2 nitrogen and oxygen atoms in total. The molecule has 3 aromatic rings. The zero-order valence-electron chi connectivity index (χ0n) is 14.4. The van der Waals surface area contributed by atoms with Crippen LogP contribution in [0.4, 0.5) is 5.69 Å². The number of anilines is 1. The van der Waals surface area contributed by atoms with Gasteiger partial charge in [-0.2, -0.15) is 0 Å². The first-order valence-electron chi connectivity index (χ1n) is 8.55. The van der Waals surface area contributed by atoms with Gasteiger partial charge in [0.25, 0.3) is 0 Å². The minimum absolute atomic E-state index is 0.435. The average Bonchev–Trinajstić information content (AvgIpc) is 2.62. The van der Waals surface area contributed by atoms with E-state index in [1.165, 1.54) is 22.4 Å². The Balaban J connectivity index is 1.62. The van der Waals surface area contributed by atoms with Gasteiger partial charge < -0.3 is 5.32 Å². The highest BCUT2D eigenvalue weighted by Crippen LogP contribution is 2.24. The fraction of sp³-hybridized carbons (Fsp3) is 0.227. The van der Waals surface area contributed by atoms with Crippen molar-refractivity contribution in [2.24, 2.45) is 0 Å². The van der Waals surface area contributed by atoms with Crippen LogP contribution in [0.1, 0.15) is 24.5 Å². The molecule has 3 rings (SSSR count). The van der Waals surface area contributed by atoms with Crippen LogP contribution in [0.5, 0.6) is 0 Å². The molecule has 122 valence electrons. The molecule has 2 aromatic carbocycles. The van der Waals surface area contributed by atoms with Crippen LogP contribution in [0.3, 0.4) is 0 Å². The van der Waals surface area contributed by atoms with Gasteiger partial charge in [-0.15, -0.1) is 0 Å². The largest absolute Gasteiger partial charge is 0.383 e. The third-order valence-electron chi connectivity index (χ3n) is 4.29. The van der Waals surface area contributed by atoms with E-state index >= 15 is 0 Å². The molecule has 0 amide bonds. The quantitative estimate of drug-likeness (QED) is 0.650. The third kappa shape index (κ3) is 4.23. The number of aromatic nitrogens is 1. The van der Waals surface area contributed by atoms with Crippen molar-refractivity contribution in [3.63, 3.8) is 0 Å². The maximum atomic E-state index is 4.44. The Labute approximate surface area is 144 Å². The van der Waals surface area contributed by atoms with Crippen LogP contribution in [0.15, 0.2) is 72.9 Å². The summed E-state index contributed by atoms with van der Waals surface area (Å²) >= 11 is 0. The van der Waals surface area contributed by atoms with Crippen molar-refractivity contribution >= 4 is 5.69 Å². The summed E-state index contributed by atoms with van der Waals surface area (Å²) in [6.07, 6.45) is 4.05. The normalized spacial score (nSPS) is 11.9. The van der Waals surface area contributed by atoms with Crippen molar-refractivity contribution in [2.45, 2.75) is 32.7 Å². The molecular formula is C22H24N2. The van der Waals surface area contributed by atoms with Gasteiger partial charge in [0.15, 0.2) is 0 Å². The Bertz CT molecular complexity index is 766.